The molecule has 26 atom stereocenters. The molecule has 0 bridgehead atoms. The summed E-state index contributed by atoms with van der Waals surface area (Å²) in [6, 6.07) is 0. The summed E-state index contributed by atoms with van der Waals surface area (Å²) in [6.45, 7) is 9.38. The summed E-state index contributed by atoms with van der Waals surface area (Å²) in [4.78, 5) is 0. The molecule has 19 nitrogen and oxygen atoms in total. The Bertz CT molecular complexity index is 1610. The summed E-state index contributed by atoms with van der Waals surface area (Å²) < 4.78 is 41.1. The van der Waals surface area contributed by atoms with E-state index in [0.717, 1.165) is 44.9 Å². The van der Waals surface area contributed by atoms with Gasteiger partial charge in [0.15, 0.2) is 24.7 Å². The number of fused-ring (bicyclic) bond motifs is 7. The Labute approximate surface area is 373 Å². The Morgan fingerprint density at radius 2 is 1.20 bits per heavy atom. The van der Waals surface area contributed by atoms with Crippen molar-refractivity contribution in [2.75, 3.05) is 26.4 Å². The van der Waals surface area contributed by atoms with Crippen LogP contribution in [0.4, 0.5) is 0 Å². The van der Waals surface area contributed by atoms with Crippen molar-refractivity contribution in [2.24, 2.45) is 46.3 Å². The predicted octanol–water partition coefficient (Wildman–Crippen LogP) is -1.86. The smallest absolute Gasteiger partial charge is 0.187 e. The van der Waals surface area contributed by atoms with Gasteiger partial charge in [0.25, 0.3) is 0 Å². The highest BCUT2D eigenvalue weighted by atomic mass is 16.7. The second-order valence-electron chi connectivity index (χ2n) is 21.1. The Kier molecular flexibility index (Phi) is 14.7. The molecule has 4 heterocycles. The van der Waals surface area contributed by atoms with E-state index in [1.807, 2.05) is 0 Å². The molecule has 4 saturated heterocycles. The maximum Gasteiger partial charge on any atom is 0.187 e. The number of aliphatic hydroxyl groups excluding tert-OH is 11. The van der Waals surface area contributed by atoms with Crippen LogP contribution in [0.25, 0.3) is 0 Å². The van der Waals surface area contributed by atoms with E-state index in [2.05, 4.69) is 27.4 Å². The molecule has 12 N–H and O–H groups in total. The lowest BCUT2D eigenvalue weighted by Gasteiger charge is -2.61. The zero-order valence-corrected chi connectivity index (χ0v) is 37.1. The van der Waals surface area contributed by atoms with Crippen molar-refractivity contribution >= 4 is 0 Å². The lowest BCUT2D eigenvalue weighted by atomic mass is 9.44. The predicted molar refractivity (Wildman–Crippen MR) is 219 cm³/mol. The van der Waals surface area contributed by atoms with Gasteiger partial charge in [-0.1, -0.05) is 32.9 Å². The largest absolute Gasteiger partial charge is 0.394 e. The van der Waals surface area contributed by atoms with Gasteiger partial charge >= 0.3 is 0 Å². The SMILES string of the molecule is C=C(CC[C@@]1(O)O[C@H]2CC3C4CCC5CC(O[C@@H]6O[C@H](CO[C@@H]7O[C@H](CO)[C@@H](O)[C@H](O)[C@H]7O)[C@@H](O)[C@H](O)[C@H]6O)CC[C@]5(C)C4CC[C@]3(C)[C@H]2[C@@H]1C)CO[C@@H]1O[C@H](CO)[C@@H](O)[C@H](O)[C@H]1O. The summed E-state index contributed by atoms with van der Waals surface area (Å²) >= 11 is 0. The Balaban J connectivity index is 0.834. The van der Waals surface area contributed by atoms with E-state index < -0.39 is 118 Å². The molecule has 0 aromatic carbocycles. The van der Waals surface area contributed by atoms with Crippen molar-refractivity contribution in [1.82, 2.24) is 0 Å². The van der Waals surface area contributed by atoms with Crippen molar-refractivity contribution in [3.8, 4) is 0 Å². The van der Waals surface area contributed by atoms with E-state index >= 15 is 0 Å². The van der Waals surface area contributed by atoms with E-state index in [1.165, 1.54) is 0 Å². The first-order valence-corrected chi connectivity index (χ1v) is 23.5. The van der Waals surface area contributed by atoms with Gasteiger partial charge in [-0.2, -0.15) is 0 Å². The summed E-state index contributed by atoms with van der Waals surface area (Å²) in [6.07, 6.45) is -13.8. The van der Waals surface area contributed by atoms with Crippen LogP contribution in [-0.4, -0.2) is 198 Å². The fourth-order valence-corrected chi connectivity index (χ4v) is 13.9. The molecule has 5 unspecified atom stereocenters. The van der Waals surface area contributed by atoms with Crippen LogP contribution in [0.1, 0.15) is 85.0 Å². The monoisotopic (exact) mass is 918 g/mol. The molecule has 0 radical (unpaired) electrons. The molecule has 8 rings (SSSR count). The molecule has 368 valence electrons. The average Bonchev–Trinajstić information content (AvgIpc) is 3.71. The third kappa shape index (κ3) is 8.68. The Morgan fingerprint density at radius 1 is 0.641 bits per heavy atom. The topological polar surface area (TPSA) is 307 Å². The van der Waals surface area contributed by atoms with Gasteiger partial charge in [0.1, 0.15) is 73.2 Å². The van der Waals surface area contributed by atoms with E-state index in [9.17, 15) is 61.3 Å². The lowest BCUT2D eigenvalue weighted by Crippen LogP contribution is -2.62. The van der Waals surface area contributed by atoms with Gasteiger partial charge in [-0.15, -0.1) is 0 Å². The standard InChI is InChI=1S/C45H74O19/c1-19(17-58-40-37(54)34(51)31(48)27(15-46)61-40)7-12-45(57)20(2)30-26(64-45)14-25-23-6-5-21-13-22(8-10-43(21,3)24(23)9-11-44(25,30)4)60-42-39(56)36(53)33(50)29(63-42)18-59-41-38(55)35(52)32(49)28(16-47)62-41/h20-42,46-57H,1,5-18H2,2-4H3/t20-,21?,22?,23?,24?,25?,26-,27+,28+,29+,30-,31+,32+,33+,34-,35-,36-,37+,38+,39+,40+,41+,42+,43-,44-,45+/m0/s1. The van der Waals surface area contributed by atoms with E-state index in [4.69, 9.17) is 33.2 Å². The molecule has 8 aliphatic rings. The molecule has 4 saturated carbocycles. The number of hydrogen-bond donors (Lipinski definition) is 12. The quantitative estimate of drug-likeness (QED) is 0.0712. The molecule has 0 aromatic rings. The van der Waals surface area contributed by atoms with Crippen LogP contribution >= 0.6 is 0 Å². The fraction of sp³-hybridized carbons (Fsp3) is 0.956. The highest BCUT2D eigenvalue weighted by Crippen LogP contribution is 2.71. The second kappa shape index (κ2) is 19.1. The van der Waals surface area contributed by atoms with Crippen LogP contribution in [-0.2, 0) is 33.2 Å². The zero-order valence-electron chi connectivity index (χ0n) is 37.1. The van der Waals surface area contributed by atoms with Crippen LogP contribution in [0.3, 0.4) is 0 Å². The maximum absolute atomic E-state index is 12.0. The first-order valence-electron chi connectivity index (χ1n) is 23.5. The second-order valence-corrected chi connectivity index (χ2v) is 21.1. The van der Waals surface area contributed by atoms with E-state index in [1.54, 1.807) is 0 Å². The van der Waals surface area contributed by atoms with E-state index in [0.29, 0.717) is 48.5 Å². The van der Waals surface area contributed by atoms with Crippen LogP contribution in [0.15, 0.2) is 12.2 Å². The van der Waals surface area contributed by atoms with E-state index in [-0.39, 0.29) is 41.5 Å². The molecule has 0 aromatic heterocycles. The molecule has 4 aliphatic carbocycles. The first-order chi connectivity index (χ1) is 30.3. The number of ether oxygens (including phenoxy) is 7. The lowest BCUT2D eigenvalue weighted by molar-refractivity contribution is -0.338. The summed E-state index contributed by atoms with van der Waals surface area (Å²) in [5.74, 6) is 0.520. The molecule has 19 heteroatoms. The van der Waals surface area contributed by atoms with Gasteiger partial charge in [-0.3, -0.25) is 0 Å². The third-order valence-electron chi connectivity index (χ3n) is 17.7. The van der Waals surface area contributed by atoms with Gasteiger partial charge in [0.05, 0.1) is 38.6 Å². The number of rotatable bonds is 13. The summed E-state index contributed by atoms with van der Waals surface area (Å²) in [5.41, 5.74) is 0.692. The molecular weight excluding hydrogens is 844 g/mol. The Hall–Kier alpha value is -1.02. The Morgan fingerprint density at radius 3 is 1.83 bits per heavy atom. The summed E-state index contributed by atoms with van der Waals surface area (Å²) in [7, 11) is 0. The van der Waals surface area contributed by atoms with Gasteiger partial charge in [-0.25, -0.2) is 0 Å². The number of aliphatic hydroxyl groups is 12. The van der Waals surface area contributed by atoms with Gasteiger partial charge in [-0.05, 0) is 98.2 Å². The number of hydrogen-bond acceptors (Lipinski definition) is 19. The highest BCUT2D eigenvalue weighted by molar-refractivity contribution is 5.15. The first kappa shape index (κ1) is 49.4. The van der Waals surface area contributed by atoms with Gasteiger partial charge in [0.2, 0.25) is 0 Å². The normalized spacial score (nSPS) is 55.0. The van der Waals surface area contributed by atoms with Crippen LogP contribution in [0.5, 0.6) is 0 Å². The van der Waals surface area contributed by atoms with Crippen molar-refractivity contribution < 1.29 is 94.4 Å². The molecule has 0 spiro atoms. The maximum atomic E-state index is 12.0. The summed E-state index contributed by atoms with van der Waals surface area (Å²) in [5, 5.41) is 125. The minimum Gasteiger partial charge on any atom is -0.394 e. The fourth-order valence-electron chi connectivity index (χ4n) is 13.9. The van der Waals surface area contributed by atoms with Gasteiger partial charge in [0, 0.05) is 12.3 Å². The average molecular weight is 919 g/mol. The van der Waals surface area contributed by atoms with Crippen molar-refractivity contribution in [1.29, 1.82) is 0 Å². The highest BCUT2D eigenvalue weighted by Gasteiger charge is 2.68. The molecule has 0 amide bonds. The molecule has 8 fully saturated rings. The van der Waals surface area contributed by atoms with Crippen LogP contribution in [0.2, 0.25) is 0 Å². The minimum atomic E-state index is -1.66. The molecule has 4 aliphatic heterocycles. The van der Waals surface area contributed by atoms with Gasteiger partial charge < -0.3 is 94.4 Å². The van der Waals surface area contributed by atoms with Crippen molar-refractivity contribution in [3.63, 3.8) is 0 Å². The van der Waals surface area contributed by atoms with Crippen molar-refractivity contribution in [3.05, 3.63) is 12.2 Å². The molecular formula is C45H74O19. The van der Waals surface area contributed by atoms with Crippen LogP contribution in [0, 0.1) is 46.3 Å². The van der Waals surface area contributed by atoms with Crippen molar-refractivity contribution in [2.45, 2.75) is 195 Å². The third-order valence-corrected chi connectivity index (χ3v) is 17.7. The van der Waals surface area contributed by atoms with Crippen LogP contribution < -0.4 is 0 Å². The zero-order chi connectivity index (χ0) is 46.2. The molecule has 64 heavy (non-hydrogen) atoms. The minimum absolute atomic E-state index is 0.00855.